The summed E-state index contributed by atoms with van der Waals surface area (Å²) in [4.78, 5) is 11.2. The van der Waals surface area contributed by atoms with Crippen LogP contribution in [0.25, 0.3) is 0 Å². The SMILES string of the molecule is CCN(CCNc1nc(C)c(C)nc1Cl)C1CC1. The van der Waals surface area contributed by atoms with Crippen LogP contribution in [0.15, 0.2) is 0 Å². The zero-order valence-electron chi connectivity index (χ0n) is 11.3. The molecule has 0 aliphatic heterocycles. The summed E-state index contributed by atoms with van der Waals surface area (Å²) < 4.78 is 0. The lowest BCUT2D eigenvalue weighted by molar-refractivity contribution is 0.289. The Kier molecular flexibility index (Phi) is 4.40. The van der Waals surface area contributed by atoms with Crippen LogP contribution in [0.1, 0.15) is 31.2 Å². The van der Waals surface area contributed by atoms with Gasteiger partial charge in [0.1, 0.15) is 0 Å². The summed E-state index contributed by atoms with van der Waals surface area (Å²) in [5.74, 6) is 0.701. The number of halogens is 1. The highest BCUT2D eigenvalue weighted by Crippen LogP contribution is 2.26. The molecule has 4 nitrogen and oxygen atoms in total. The number of rotatable bonds is 6. The zero-order chi connectivity index (χ0) is 13.1. The fourth-order valence-electron chi connectivity index (χ4n) is 2.04. The fourth-order valence-corrected chi connectivity index (χ4v) is 2.28. The van der Waals surface area contributed by atoms with Gasteiger partial charge in [0.05, 0.1) is 11.4 Å². The van der Waals surface area contributed by atoms with Crippen molar-refractivity contribution in [3.8, 4) is 0 Å². The number of hydrogen-bond acceptors (Lipinski definition) is 4. The van der Waals surface area contributed by atoms with Crippen molar-refractivity contribution in [1.82, 2.24) is 14.9 Å². The van der Waals surface area contributed by atoms with Crippen LogP contribution in [0.2, 0.25) is 5.15 Å². The molecule has 100 valence electrons. The molecule has 0 unspecified atom stereocenters. The molecule has 1 aromatic heterocycles. The van der Waals surface area contributed by atoms with E-state index in [-0.39, 0.29) is 0 Å². The van der Waals surface area contributed by atoms with E-state index in [1.807, 2.05) is 13.8 Å². The van der Waals surface area contributed by atoms with Gasteiger partial charge < -0.3 is 5.32 Å². The predicted molar refractivity (Wildman–Crippen MR) is 75.3 cm³/mol. The van der Waals surface area contributed by atoms with Gasteiger partial charge in [0.25, 0.3) is 0 Å². The Hall–Kier alpha value is -0.870. The van der Waals surface area contributed by atoms with Crippen molar-refractivity contribution in [3.05, 3.63) is 16.5 Å². The third-order valence-corrected chi connectivity index (χ3v) is 3.69. The molecule has 18 heavy (non-hydrogen) atoms. The summed E-state index contributed by atoms with van der Waals surface area (Å²) in [6.45, 7) is 9.09. The Morgan fingerprint density at radius 3 is 2.56 bits per heavy atom. The van der Waals surface area contributed by atoms with Crippen LogP contribution in [0.3, 0.4) is 0 Å². The molecule has 0 radical (unpaired) electrons. The monoisotopic (exact) mass is 268 g/mol. The number of nitrogens with one attached hydrogen (secondary N) is 1. The van der Waals surface area contributed by atoms with Crippen LogP contribution in [0.4, 0.5) is 5.82 Å². The molecule has 1 N–H and O–H groups in total. The molecule has 0 bridgehead atoms. The molecule has 0 amide bonds. The van der Waals surface area contributed by atoms with Gasteiger partial charge in [-0.25, -0.2) is 9.97 Å². The average molecular weight is 269 g/mol. The Morgan fingerprint density at radius 1 is 1.28 bits per heavy atom. The first-order valence-corrected chi connectivity index (χ1v) is 6.98. The van der Waals surface area contributed by atoms with Gasteiger partial charge in [-0.05, 0) is 33.2 Å². The summed E-state index contributed by atoms with van der Waals surface area (Å²) in [5, 5.41) is 3.75. The second-order valence-corrected chi connectivity index (χ2v) is 5.18. The van der Waals surface area contributed by atoms with Crippen molar-refractivity contribution >= 4 is 17.4 Å². The number of hydrogen-bond donors (Lipinski definition) is 1. The highest BCUT2D eigenvalue weighted by molar-refractivity contribution is 6.31. The van der Waals surface area contributed by atoms with E-state index in [0.29, 0.717) is 11.0 Å². The maximum atomic E-state index is 6.08. The van der Waals surface area contributed by atoms with Crippen LogP contribution in [0.5, 0.6) is 0 Å². The largest absolute Gasteiger partial charge is 0.366 e. The predicted octanol–water partition coefficient (Wildman–Crippen LogP) is 2.64. The lowest BCUT2D eigenvalue weighted by Gasteiger charge is -2.20. The molecule has 1 aliphatic rings. The van der Waals surface area contributed by atoms with E-state index in [9.17, 15) is 0 Å². The molecule has 1 saturated carbocycles. The van der Waals surface area contributed by atoms with Gasteiger partial charge in [0.15, 0.2) is 11.0 Å². The first-order chi connectivity index (χ1) is 8.61. The standard InChI is InChI=1S/C13H21ClN4/c1-4-18(11-5-6-11)8-7-15-13-12(14)16-9(2)10(3)17-13/h11H,4-8H2,1-3H3,(H,15,17). The topological polar surface area (TPSA) is 41.0 Å². The first-order valence-electron chi connectivity index (χ1n) is 6.60. The van der Waals surface area contributed by atoms with Gasteiger partial charge >= 0.3 is 0 Å². The minimum atomic E-state index is 0.465. The van der Waals surface area contributed by atoms with E-state index in [1.54, 1.807) is 0 Å². The minimum Gasteiger partial charge on any atom is -0.366 e. The highest BCUT2D eigenvalue weighted by Gasteiger charge is 2.27. The highest BCUT2D eigenvalue weighted by atomic mass is 35.5. The van der Waals surface area contributed by atoms with Crippen molar-refractivity contribution in [3.63, 3.8) is 0 Å². The molecular formula is C13H21ClN4. The molecule has 5 heteroatoms. The number of aryl methyl sites for hydroxylation is 2. The van der Waals surface area contributed by atoms with E-state index in [1.165, 1.54) is 12.8 Å². The van der Waals surface area contributed by atoms with Gasteiger partial charge in [-0.3, -0.25) is 4.90 Å². The second-order valence-electron chi connectivity index (χ2n) is 4.82. The van der Waals surface area contributed by atoms with Gasteiger partial charge in [-0.15, -0.1) is 0 Å². The van der Waals surface area contributed by atoms with Gasteiger partial charge in [-0.2, -0.15) is 0 Å². The van der Waals surface area contributed by atoms with Crippen LogP contribution in [-0.2, 0) is 0 Å². The maximum absolute atomic E-state index is 6.08. The number of aromatic nitrogens is 2. The van der Waals surface area contributed by atoms with E-state index < -0.39 is 0 Å². The second kappa shape index (κ2) is 5.85. The molecule has 1 aliphatic carbocycles. The molecule has 0 saturated heterocycles. The Labute approximate surface area is 114 Å². The van der Waals surface area contributed by atoms with Crippen molar-refractivity contribution in [1.29, 1.82) is 0 Å². The quantitative estimate of drug-likeness (QED) is 0.861. The Bertz CT molecular complexity index is 418. The van der Waals surface area contributed by atoms with Crippen molar-refractivity contribution in [2.24, 2.45) is 0 Å². The van der Waals surface area contributed by atoms with E-state index >= 15 is 0 Å². The lowest BCUT2D eigenvalue weighted by atomic mass is 10.3. The van der Waals surface area contributed by atoms with Crippen LogP contribution in [0, 0.1) is 13.8 Å². The lowest BCUT2D eigenvalue weighted by Crippen LogP contribution is -2.31. The molecule has 1 fully saturated rings. The van der Waals surface area contributed by atoms with Crippen LogP contribution < -0.4 is 5.32 Å². The van der Waals surface area contributed by atoms with E-state index in [2.05, 4.69) is 27.1 Å². The normalized spacial score (nSPS) is 15.2. The fraction of sp³-hybridized carbons (Fsp3) is 0.692. The number of anilines is 1. The van der Waals surface area contributed by atoms with Crippen molar-refractivity contribution in [2.75, 3.05) is 25.0 Å². The summed E-state index contributed by atoms with van der Waals surface area (Å²) in [5.41, 5.74) is 1.81. The third kappa shape index (κ3) is 3.33. The molecule has 0 atom stereocenters. The Balaban J connectivity index is 1.87. The van der Waals surface area contributed by atoms with Crippen molar-refractivity contribution < 1.29 is 0 Å². The van der Waals surface area contributed by atoms with Crippen LogP contribution >= 0.6 is 11.6 Å². The summed E-state index contributed by atoms with van der Waals surface area (Å²) in [7, 11) is 0. The van der Waals surface area contributed by atoms with Crippen molar-refractivity contribution in [2.45, 2.75) is 39.7 Å². The zero-order valence-corrected chi connectivity index (χ0v) is 12.1. The van der Waals surface area contributed by atoms with Gasteiger partial charge in [0.2, 0.25) is 0 Å². The molecule has 2 rings (SSSR count). The van der Waals surface area contributed by atoms with E-state index in [0.717, 1.165) is 37.1 Å². The summed E-state index contributed by atoms with van der Waals surface area (Å²) in [6.07, 6.45) is 2.69. The third-order valence-electron chi connectivity index (χ3n) is 3.43. The number of nitrogens with zero attached hydrogens (tertiary/aromatic N) is 3. The maximum Gasteiger partial charge on any atom is 0.171 e. The first kappa shape index (κ1) is 13.6. The van der Waals surface area contributed by atoms with E-state index in [4.69, 9.17) is 11.6 Å². The van der Waals surface area contributed by atoms with Gasteiger partial charge in [0, 0.05) is 19.1 Å². The van der Waals surface area contributed by atoms with Gasteiger partial charge in [-0.1, -0.05) is 18.5 Å². The smallest absolute Gasteiger partial charge is 0.171 e. The summed E-state index contributed by atoms with van der Waals surface area (Å²) >= 11 is 6.08. The molecule has 1 heterocycles. The molecular weight excluding hydrogens is 248 g/mol. The number of likely N-dealkylation sites (N-methyl/N-ethyl adjacent to an activating group) is 1. The summed E-state index contributed by atoms with van der Waals surface area (Å²) in [6, 6.07) is 0.804. The molecule has 1 aromatic rings. The molecule has 0 spiro atoms. The minimum absolute atomic E-state index is 0.465. The molecule has 0 aromatic carbocycles. The average Bonchev–Trinajstić information content (AvgIpc) is 3.15. The Morgan fingerprint density at radius 2 is 1.94 bits per heavy atom. The van der Waals surface area contributed by atoms with Crippen LogP contribution in [-0.4, -0.2) is 40.5 Å².